The normalized spacial score (nSPS) is 31.1. The fourth-order valence-electron chi connectivity index (χ4n) is 2.68. The summed E-state index contributed by atoms with van der Waals surface area (Å²) < 4.78 is 1.04. The van der Waals surface area contributed by atoms with Gasteiger partial charge < -0.3 is 0 Å². The first-order chi connectivity index (χ1) is 9.19. The molecule has 3 rings (SSSR count). The second-order valence-corrected chi connectivity index (χ2v) is 8.26. The van der Waals surface area contributed by atoms with E-state index in [1.165, 1.54) is 19.3 Å². The molecule has 0 aromatic carbocycles. The van der Waals surface area contributed by atoms with Gasteiger partial charge in [-0.25, -0.2) is 0 Å². The van der Waals surface area contributed by atoms with Gasteiger partial charge in [0.05, 0.1) is 6.07 Å². The van der Waals surface area contributed by atoms with Crippen LogP contribution in [0, 0.1) is 18.3 Å². The lowest BCUT2D eigenvalue weighted by molar-refractivity contribution is 0.301. The van der Waals surface area contributed by atoms with E-state index in [1.54, 1.807) is 23.1 Å². The summed E-state index contributed by atoms with van der Waals surface area (Å²) in [6.45, 7) is 1.98. The zero-order valence-electron chi connectivity index (χ0n) is 11.1. The van der Waals surface area contributed by atoms with Gasteiger partial charge in [0.25, 0.3) is 0 Å². The zero-order chi connectivity index (χ0) is 13.3. The Kier molecular flexibility index (Phi) is 3.79. The molecule has 102 valence electrons. The average Bonchev–Trinajstić information content (AvgIpc) is 3.11. The summed E-state index contributed by atoms with van der Waals surface area (Å²) in [5.74, 6) is 0. The minimum Gasteiger partial charge on any atom is -0.297 e. The number of hydrogen-bond acceptors (Lipinski definition) is 6. The van der Waals surface area contributed by atoms with Crippen molar-refractivity contribution in [1.82, 2.24) is 15.5 Å². The van der Waals surface area contributed by atoms with Crippen LogP contribution in [0.2, 0.25) is 0 Å². The van der Waals surface area contributed by atoms with Crippen molar-refractivity contribution >= 4 is 23.1 Å². The van der Waals surface area contributed by atoms with Gasteiger partial charge >= 0.3 is 0 Å². The fourth-order valence-corrected chi connectivity index (χ4v) is 5.08. The van der Waals surface area contributed by atoms with E-state index in [0.29, 0.717) is 11.3 Å². The standard InChI is InChI=1S/C13H18N4S2/c1-9-16-17-12(18-9)19-11-3-2-6-13(7-11,8-14)15-10-4-5-10/h10-11,15H,2-7H2,1H3. The molecule has 2 unspecified atom stereocenters. The molecule has 0 saturated heterocycles. The van der Waals surface area contributed by atoms with E-state index in [1.807, 2.05) is 6.92 Å². The van der Waals surface area contributed by atoms with E-state index in [0.717, 1.165) is 28.6 Å². The third kappa shape index (κ3) is 3.28. The van der Waals surface area contributed by atoms with Gasteiger partial charge in [-0.05, 0) is 45.4 Å². The number of thioether (sulfide) groups is 1. The molecule has 6 heteroatoms. The number of aromatic nitrogens is 2. The molecule has 0 amide bonds. The highest BCUT2D eigenvalue weighted by Crippen LogP contribution is 2.40. The number of nitrogens with zero attached hydrogens (tertiary/aromatic N) is 3. The van der Waals surface area contributed by atoms with E-state index in [-0.39, 0.29) is 5.54 Å². The predicted molar refractivity (Wildman–Crippen MR) is 77.3 cm³/mol. The first-order valence-electron chi connectivity index (χ1n) is 6.85. The van der Waals surface area contributed by atoms with Crippen LogP contribution in [-0.2, 0) is 0 Å². The second-order valence-electron chi connectivity index (χ2n) is 5.54. The molecule has 0 bridgehead atoms. The lowest BCUT2D eigenvalue weighted by atomic mass is 9.82. The smallest absolute Gasteiger partial charge is 0.174 e. The van der Waals surface area contributed by atoms with Gasteiger partial charge in [0, 0.05) is 11.3 Å². The van der Waals surface area contributed by atoms with Gasteiger partial charge in [-0.3, -0.25) is 5.32 Å². The van der Waals surface area contributed by atoms with Crippen LogP contribution in [0.15, 0.2) is 4.34 Å². The molecule has 0 radical (unpaired) electrons. The van der Waals surface area contributed by atoms with Crippen LogP contribution in [0.1, 0.15) is 43.5 Å². The van der Waals surface area contributed by atoms with Crippen LogP contribution in [0.3, 0.4) is 0 Å². The van der Waals surface area contributed by atoms with Gasteiger partial charge in [0.1, 0.15) is 10.5 Å². The topological polar surface area (TPSA) is 61.6 Å². The van der Waals surface area contributed by atoms with E-state index < -0.39 is 0 Å². The van der Waals surface area contributed by atoms with Crippen LogP contribution in [0.4, 0.5) is 0 Å². The summed E-state index contributed by atoms with van der Waals surface area (Å²) in [4.78, 5) is 0. The molecule has 2 aliphatic rings. The summed E-state index contributed by atoms with van der Waals surface area (Å²) in [5, 5.41) is 22.9. The molecular weight excluding hydrogens is 276 g/mol. The average molecular weight is 294 g/mol. The second kappa shape index (κ2) is 5.39. The largest absolute Gasteiger partial charge is 0.297 e. The summed E-state index contributed by atoms with van der Waals surface area (Å²) in [7, 11) is 0. The molecule has 19 heavy (non-hydrogen) atoms. The maximum absolute atomic E-state index is 9.56. The molecule has 1 N–H and O–H groups in total. The van der Waals surface area contributed by atoms with Crippen molar-refractivity contribution in [3.05, 3.63) is 5.01 Å². The quantitative estimate of drug-likeness (QED) is 0.925. The Bertz CT molecular complexity index is 491. The molecule has 1 aromatic heterocycles. The summed E-state index contributed by atoms with van der Waals surface area (Å²) in [5.41, 5.74) is -0.295. The van der Waals surface area contributed by atoms with Gasteiger partial charge in [-0.1, -0.05) is 23.1 Å². The molecule has 1 aromatic rings. The summed E-state index contributed by atoms with van der Waals surface area (Å²) >= 11 is 3.46. The summed E-state index contributed by atoms with van der Waals surface area (Å²) in [6, 6.07) is 3.14. The van der Waals surface area contributed by atoms with E-state index in [2.05, 4.69) is 21.6 Å². The van der Waals surface area contributed by atoms with E-state index in [4.69, 9.17) is 0 Å². The van der Waals surface area contributed by atoms with Gasteiger partial charge in [-0.15, -0.1) is 10.2 Å². The Morgan fingerprint density at radius 1 is 1.42 bits per heavy atom. The number of nitrogens with one attached hydrogen (secondary N) is 1. The molecule has 2 fully saturated rings. The Labute approximate surface area is 122 Å². The van der Waals surface area contributed by atoms with Gasteiger partial charge in [0.2, 0.25) is 0 Å². The SMILES string of the molecule is Cc1nnc(SC2CCCC(C#N)(NC3CC3)C2)s1. The third-order valence-corrected chi connectivity index (χ3v) is 5.94. The maximum Gasteiger partial charge on any atom is 0.174 e. The summed E-state index contributed by atoms with van der Waals surface area (Å²) in [6.07, 6.45) is 6.70. The zero-order valence-corrected chi connectivity index (χ0v) is 12.7. The highest BCUT2D eigenvalue weighted by molar-refractivity contribution is 8.01. The molecular formula is C13H18N4S2. The number of hydrogen-bond donors (Lipinski definition) is 1. The highest BCUT2D eigenvalue weighted by atomic mass is 32.2. The van der Waals surface area contributed by atoms with Crippen LogP contribution >= 0.6 is 23.1 Å². The van der Waals surface area contributed by atoms with Crippen molar-refractivity contribution < 1.29 is 0 Å². The number of rotatable bonds is 4. The molecule has 4 nitrogen and oxygen atoms in total. The van der Waals surface area contributed by atoms with Crippen LogP contribution < -0.4 is 5.32 Å². The van der Waals surface area contributed by atoms with Crippen LogP contribution in [0.5, 0.6) is 0 Å². The number of nitriles is 1. The van der Waals surface area contributed by atoms with Crippen molar-refractivity contribution in [2.75, 3.05) is 0 Å². The molecule has 0 spiro atoms. The Morgan fingerprint density at radius 3 is 2.89 bits per heavy atom. The van der Waals surface area contributed by atoms with Gasteiger partial charge in [0.15, 0.2) is 4.34 Å². The maximum atomic E-state index is 9.56. The lowest BCUT2D eigenvalue weighted by Gasteiger charge is -2.36. The Balaban J connectivity index is 1.64. The van der Waals surface area contributed by atoms with Crippen LogP contribution in [0.25, 0.3) is 0 Å². The molecule has 2 saturated carbocycles. The van der Waals surface area contributed by atoms with E-state index in [9.17, 15) is 5.26 Å². The van der Waals surface area contributed by atoms with Crippen molar-refractivity contribution in [1.29, 1.82) is 5.26 Å². The van der Waals surface area contributed by atoms with Gasteiger partial charge in [-0.2, -0.15) is 5.26 Å². The minimum atomic E-state index is -0.295. The molecule has 2 aliphatic carbocycles. The van der Waals surface area contributed by atoms with Crippen molar-refractivity contribution in [3.8, 4) is 6.07 Å². The number of aryl methyl sites for hydroxylation is 1. The highest BCUT2D eigenvalue weighted by Gasteiger charge is 2.40. The first-order valence-corrected chi connectivity index (χ1v) is 8.54. The monoisotopic (exact) mass is 294 g/mol. The van der Waals surface area contributed by atoms with Crippen LogP contribution in [-0.4, -0.2) is 27.0 Å². The third-order valence-electron chi connectivity index (χ3n) is 3.75. The van der Waals surface area contributed by atoms with E-state index >= 15 is 0 Å². The fraction of sp³-hybridized carbons (Fsp3) is 0.769. The predicted octanol–water partition coefficient (Wildman–Crippen LogP) is 2.90. The molecule has 1 heterocycles. The van der Waals surface area contributed by atoms with Crippen molar-refractivity contribution in [3.63, 3.8) is 0 Å². The molecule has 2 atom stereocenters. The Morgan fingerprint density at radius 2 is 2.26 bits per heavy atom. The minimum absolute atomic E-state index is 0.295. The lowest BCUT2D eigenvalue weighted by Crippen LogP contribution is -2.49. The Hall–Kier alpha value is -0.640. The molecule has 0 aliphatic heterocycles. The first kappa shape index (κ1) is 13.3. The van der Waals surface area contributed by atoms with Crippen molar-refractivity contribution in [2.45, 2.75) is 66.6 Å². The van der Waals surface area contributed by atoms with Crippen molar-refractivity contribution in [2.24, 2.45) is 0 Å².